The van der Waals surface area contributed by atoms with Gasteiger partial charge >= 0.3 is 0 Å². The van der Waals surface area contributed by atoms with Crippen molar-refractivity contribution in [2.75, 3.05) is 5.75 Å². The van der Waals surface area contributed by atoms with E-state index in [0.29, 0.717) is 12.1 Å². The normalized spacial score (nSPS) is 25.0. The summed E-state index contributed by atoms with van der Waals surface area (Å²) in [5.41, 5.74) is 4.36. The number of benzene rings is 1. The van der Waals surface area contributed by atoms with E-state index in [1.165, 1.54) is 41.0 Å². The highest BCUT2D eigenvalue weighted by molar-refractivity contribution is 7.98. The summed E-state index contributed by atoms with van der Waals surface area (Å²) in [6.45, 7) is 0. The summed E-state index contributed by atoms with van der Waals surface area (Å²) in [4.78, 5) is 0. The van der Waals surface area contributed by atoms with Crippen molar-refractivity contribution in [2.24, 2.45) is 0 Å². The SMILES string of the molecule is c1ccc2c(c1)CSCC2NC1CCCc2occc21. The lowest BCUT2D eigenvalue weighted by Gasteiger charge is -2.32. The monoisotopic (exact) mass is 285 g/mol. The standard InChI is InChI=1S/C17H19NOS/c1-2-5-13-12(4-1)10-20-11-16(13)18-15-6-3-7-17-14(15)8-9-19-17/h1-2,4-5,8-9,15-16,18H,3,6-7,10-11H2. The second-order valence-corrected chi connectivity index (χ2v) is 6.71. The van der Waals surface area contributed by atoms with E-state index in [1.54, 1.807) is 0 Å². The second-order valence-electron chi connectivity index (χ2n) is 5.68. The zero-order valence-electron chi connectivity index (χ0n) is 11.5. The Morgan fingerprint density at radius 2 is 2.05 bits per heavy atom. The molecule has 0 bridgehead atoms. The first-order valence-electron chi connectivity index (χ1n) is 7.39. The van der Waals surface area contributed by atoms with Gasteiger partial charge in [-0.05, 0) is 30.0 Å². The molecule has 2 aliphatic rings. The number of fused-ring (bicyclic) bond motifs is 2. The first-order valence-corrected chi connectivity index (χ1v) is 8.55. The van der Waals surface area contributed by atoms with Crippen LogP contribution in [0.2, 0.25) is 0 Å². The highest BCUT2D eigenvalue weighted by Gasteiger charge is 2.27. The van der Waals surface area contributed by atoms with Gasteiger partial charge in [0.1, 0.15) is 5.76 Å². The zero-order chi connectivity index (χ0) is 13.4. The van der Waals surface area contributed by atoms with Crippen LogP contribution in [0, 0.1) is 0 Å². The van der Waals surface area contributed by atoms with E-state index in [-0.39, 0.29) is 0 Å². The quantitative estimate of drug-likeness (QED) is 0.893. The van der Waals surface area contributed by atoms with E-state index < -0.39 is 0 Å². The van der Waals surface area contributed by atoms with Crippen LogP contribution in [0.25, 0.3) is 0 Å². The minimum absolute atomic E-state index is 0.453. The van der Waals surface area contributed by atoms with Crippen LogP contribution in [0.5, 0.6) is 0 Å². The third kappa shape index (κ3) is 2.19. The van der Waals surface area contributed by atoms with Crippen LogP contribution in [0.1, 0.15) is 47.4 Å². The molecule has 3 heteroatoms. The fourth-order valence-corrected chi connectivity index (χ4v) is 4.53. The van der Waals surface area contributed by atoms with E-state index >= 15 is 0 Å². The zero-order valence-corrected chi connectivity index (χ0v) is 12.3. The lowest BCUT2D eigenvalue weighted by molar-refractivity contribution is 0.386. The summed E-state index contributed by atoms with van der Waals surface area (Å²) in [6.07, 6.45) is 5.38. The van der Waals surface area contributed by atoms with Gasteiger partial charge in [-0.25, -0.2) is 0 Å². The van der Waals surface area contributed by atoms with Gasteiger partial charge in [-0.15, -0.1) is 0 Å². The van der Waals surface area contributed by atoms with Crippen LogP contribution in [-0.2, 0) is 12.2 Å². The van der Waals surface area contributed by atoms with Gasteiger partial charge in [-0.3, -0.25) is 0 Å². The maximum atomic E-state index is 5.60. The molecule has 2 atom stereocenters. The Hall–Kier alpha value is -1.19. The van der Waals surface area contributed by atoms with Crippen molar-refractivity contribution < 1.29 is 4.42 Å². The van der Waals surface area contributed by atoms with Crippen LogP contribution >= 0.6 is 11.8 Å². The maximum absolute atomic E-state index is 5.60. The lowest BCUT2D eigenvalue weighted by atomic mass is 9.91. The van der Waals surface area contributed by atoms with Gasteiger partial charge in [0, 0.05) is 35.6 Å². The van der Waals surface area contributed by atoms with Crippen molar-refractivity contribution in [2.45, 2.75) is 37.1 Å². The van der Waals surface area contributed by atoms with Crippen LogP contribution in [0.15, 0.2) is 41.0 Å². The molecule has 2 heterocycles. The van der Waals surface area contributed by atoms with Gasteiger partial charge in [0.25, 0.3) is 0 Å². The highest BCUT2D eigenvalue weighted by Crippen LogP contribution is 2.36. The largest absolute Gasteiger partial charge is 0.469 e. The van der Waals surface area contributed by atoms with Crippen molar-refractivity contribution >= 4 is 11.8 Å². The number of furan rings is 1. The topological polar surface area (TPSA) is 25.2 Å². The molecule has 0 spiro atoms. The van der Waals surface area contributed by atoms with Gasteiger partial charge in [-0.2, -0.15) is 11.8 Å². The molecule has 0 fully saturated rings. The van der Waals surface area contributed by atoms with Gasteiger partial charge < -0.3 is 9.73 Å². The van der Waals surface area contributed by atoms with Crippen molar-refractivity contribution in [1.82, 2.24) is 5.32 Å². The molecule has 1 aliphatic carbocycles. The Kier molecular flexibility index (Phi) is 3.32. The van der Waals surface area contributed by atoms with Crippen LogP contribution in [0.4, 0.5) is 0 Å². The van der Waals surface area contributed by atoms with Gasteiger partial charge in [0.15, 0.2) is 0 Å². The first kappa shape index (κ1) is 12.5. The summed E-state index contributed by atoms with van der Waals surface area (Å²) in [6, 6.07) is 11.9. The molecule has 20 heavy (non-hydrogen) atoms. The van der Waals surface area contributed by atoms with E-state index in [4.69, 9.17) is 4.42 Å². The fourth-order valence-electron chi connectivity index (χ4n) is 3.42. The average molecular weight is 285 g/mol. The number of aryl methyl sites for hydroxylation is 1. The summed E-state index contributed by atoms with van der Waals surface area (Å²) >= 11 is 2.03. The van der Waals surface area contributed by atoms with Crippen LogP contribution < -0.4 is 5.32 Å². The summed E-state index contributed by atoms with van der Waals surface area (Å²) in [5, 5.41) is 3.88. The highest BCUT2D eigenvalue weighted by atomic mass is 32.2. The number of hydrogen-bond acceptors (Lipinski definition) is 3. The van der Waals surface area contributed by atoms with E-state index in [0.717, 1.165) is 12.2 Å². The lowest BCUT2D eigenvalue weighted by Crippen LogP contribution is -2.32. The average Bonchev–Trinajstić information content (AvgIpc) is 2.97. The third-order valence-corrected chi connectivity index (χ3v) is 5.51. The Bertz CT molecular complexity index is 607. The minimum atomic E-state index is 0.453. The Balaban J connectivity index is 1.60. The van der Waals surface area contributed by atoms with Gasteiger partial charge in [-0.1, -0.05) is 24.3 Å². The van der Waals surface area contributed by atoms with Crippen LogP contribution in [-0.4, -0.2) is 5.75 Å². The molecule has 4 rings (SSSR count). The molecular weight excluding hydrogens is 266 g/mol. The number of rotatable bonds is 2. The molecule has 2 aromatic rings. The molecular formula is C17H19NOS. The Labute approximate surface area is 123 Å². The molecule has 1 N–H and O–H groups in total. The third-order valence-electron chi connectivity index (χ3n) is 4.43. The minimum Gasteiger partial charge on any atom is -0.469 e. The molecule has 0 saturated heterocycles. The smallest absolute Gasteiger partial charge is 0.108 e. The van der Waals surface area contributed by atoms with E-state index in [1.807, 2.05) is 18.0 Å². The van der Waals surface area contributed by atoms with Crippen LogP contribution in [0.3, 0.4) is 0 Å². The molecule has 1 aliphatic heterocycles. The van der Waals surface area contributed by atoms with Crippen molar-refractivity contribution in [1.29, 1.82) is 0 Å². The van der Waals surface area contributed by atoms with Crippen molar-refractivity contribution in [3.63, 3.8) is 0 Å². The predicted molar refractivity (Wildman–Crippen MR) is 82.9 cm³/mol. The van der Waals surface area contributed by atoms with Gasteiger partial charge in [0.2, 0.25) is 0 Å². The first-order chi connectivity index (χ1) is 9.92. The number of nitrogens with one attached hydrogen (secondary N) is 1. The summed E-state index contributed by atoms with van der Waals surface area (Å²) in [7, 11) is 0. The Morgan fingerprint density at radius 1 is 1.10 bits per heavy atom. The summed E-state index contributed by atoms with van der Waals surface area (Å²) in [5.74, 6) is 3.50. The van der Waals surface area contributed by atoms with E-state index in [2.05, 4.69) is 35.6 Å². The van der Waals surface area contributed by atoms with Gasteiger partial charge in [0.05, 0.1) is 6.26 Å². The molecule has 2 unspecified atom stereocenters. The number of hydrogen-bond donors (Lipinski definition) is 1. The maximum Gasteiger partial charge on any atom is 0.108 e. The molecule has 1 aromatic carbocycles. The van der Waals surface area contributed by atoms with E-state index in [9.17, 15) is 0 Å². The van der Waals surface area contributed by atoms with Crippen molar-refractivity contribution in [3.8, 4) is 0 Å². The fraction of sp³-hybridized carbons (Fsp3) is 0.412. The molecule has 104 valence electrons. The molecule has 0 amide bonds. The van der Waals surface area contributed by atoms with Crippen molar-refractivity contribution in [3.05, 3.63) is 59.0 Å². The molecule has 0 saturated carbocycles. The predicted octanol–water partition coefficient (Wildman–Crippen LogP) is 4.23. The molecule has 1 aromatic heterocycles. The molecule has 2 nitrogen and oxygen atoms in total. The summed E-state index contributed by atoms with van der Waals surface area (Å²) < 4.78 is 5.60. The molecule has 0 radical (unpaired) electrons. The number of thioether (sulfide) groups is 1. The second kappa shape index (κ2) is 5.30. The Morgan fingerprint density at radius 3 is 3.05 bits per heavy atom.